The van der Waals surface area contributed by atoms with E-state index in [-0.39, 0.29) is 12.0 Å². The second-order valence-corrected chi connectivity index (χ2v) is 9.16. The Labute approximate surface area is 135 Å². The molecule has 5 aliphatic rings. The normalized spacial score (nSPS) is 48.0. The van der Waals surface area contributed by atoms with E-state index < -0.39 is 0 Å². The van der Waals surface area contributed by atoms with E-state index in [1.807, 2.05) is 0 Å². The molecule has 2 atom stereocenters. The molecule has 126 valence electrons. The Balaban J connectivity index is 1.40. The number of aliphatic hydroxyl groups excluding tert-OH is 1. The van der Waals surface area contributed by atoms with Gasteiger partial charge in [-0.05, 0) is 81.5 Å². The van der Waals surface area contributed by atoms with Crippen LogP contribution in [0.4, 0.5) is 0 Å². The van der Waals surface area contributed by atoms with Crippen LogP contribution in [0.15, 0.2) is 0 Å². The van der Waals surface area contributed by atoms with Crippen molar-refractivity contribution in [2.45, 2.75) is 64.3 Å². The zero-order valence-electron chi connectivity index (χ0n) is 14.2. The van der Waals surface area contributed by atoms with Crippen molar-refractivity contribution in [3.63, 3.8) is 0 Å². The van der Waals surface area contributed by atoms with Crippen LogP contribution in [0.5, 0.6) is 0 Å². The van der Waals surface area contributed by atoms with Gasteiger partial charge in [-0.2, -0.15) is 0 Å². The molecule has 3 nitrogen and oxygen atoms in total. The van der Waals surface area contributed by atoms with E-state index in [2.05, 4.69) is 12.2 Å². The molecule has 3 heteroatoms. The summed E-state index contributed by atoms with van der Waals surface area (Å²) >= 11 is 0. The summed E-state index contributed by atoms with van der Waals surface area (Å²) in [5.74, 6) is 3.07. The summed E-state index contributed by atoms with van der Waals surface area (Å²) in [5, 5.41) is 13.3. The Bertz CT molecular complexity index is 367. The van der Waals surface area contributed by atoms with Gasteiger partial charge in [0.2, 0.25) is 0 Å². The molecule has 22 heavy (non-hydrogen) atoms. The Morgan fingerprint density at radius 2 is 1.77 bits per heavy atom. The van der Waals surface area contributed by atoms with E-state index in [1.54, 1.807) is 0 Å². The van der Waals surface area contributed by atoms with Gasteiger partial charge in [0.1, 0.15) is 0 Å². The minimum absolute atomic E-state index is 0.186. The van der Waals surface area contributed by atoms with Crippen LogP contribution in [0.1, 0.15) is 58.3 Å². The first kappa shape index (κ1) is 15.4. The van der Waals surface area contributed by atoms with Gasteiger partial charge in [0.15, 0.2) is 0 Å². The molecular weight excluding hydrogens is 274 g/mol. The predicted octanol–water partition coefficient (Wildman–Crippen LogP) is 2.97. The number of ether oxygens (including phenoxy) is 1. The Kier molecular flexibility index (Phi) is 4.03. The molecule has 4 bridgehead atoms. The van der Waals surface area contributed by atoms with E-state index in [0.717, 1.165) is 50.4 Å². The van der Waals surface area contributed by atoms with Crippen LogP contribution in [0.25, 0.3) is 0 Å². The third-order valence-electron chi connectivity index (χ3n) is 7.61. The minimum Gasteiger partial charge on any atom is -0.396 e. The third-order valence-corrected chi connectivity index (χ3v) is 7.61. The SMILES string of the molecule is C[C@@H](NC[C@]1(CCO)CCOC1)C12CC3CC(CC(C3)C1)C2. The van der Waals surface area contributed by atoms with Crippen molar-refractivity contribution >= 4 is 0 Å². The second-order valence-electron chi connectivity index (χ2n) is 9.16. The monoisotopic (exact) mass is 307 g/mol. The molecule has 4 aliphatic carbocycles. The average molecular weight is 307 g/mol. The van der Waals surface area contributed by atoms with E-state index in [9.17, 15) is 5.11 Å². The highest BCUT2D eigenvalue weighted by Gasteiger charge is 2.53. The van der Waals surface area contributed by atoms with Crippen LogP contribution < -0.4 is 5.32 Å². The lowest BCUT2D eigenvalue weighted by molar-refractivity contribution is -0.0720. The first-order valence-electron chi connectivity index (χ1n) is 9.55. The molecule has 0 spiro atoms. The standard InChI is InChI=1S/C19H33NO2/c1-14(20-12-18(2-4-21)3-5-22-13-18)19-9-15-6-16(10-19)8-17(7-15)11-19/h14-17,20-21H,2-13H2,1H3/t14-,15?,16?,17?,18+,19?/m1/s1. The number of hydrogen-bond acceptors (Lipinski definition) is 3. The third kappa shape index (κ3) is 2.63. The Morgan fingerprint density at radius 3 is 2.27 bits per heavy atom. The minimum atomic E-state index is 0.186. The van der Waals surface area contributed by atoms with Gasteiger partial charge in [-0.15, -0.1) is 0 Å². The molecule has 0 unspecified atom stereocenters. The predicted molar refractivity (Wildman–Crippen MR) is 87.6 cm³/mol. The molecule has 0 radical (unpaired) electrons. The van der Waals surface area contributed by atoms with Crippen molar-refractivity contribution in [2.24, 2.45) is 28.6 Å². The molecule has 1 aliphatic heterocycles. The van der Waals surface area contributed by atoms with Gasteiger partial charge in [0, 0.05) is 31.2 Å². The van der Waals surface area contributed by atoms with Gasteiger partial charge >= 0.3 is 0 Å². The highest BCUT2D eigenvalue weighted by Crippen LogP contribution is 2.61. The fourth-order valence-electron chi connectivity index (χ4n) is 6.61. The molecule has 2 N–H and O–H groups in total. The summed E-state index contributed by atoms with van der Waals surface area (Å²) < 4.78 is 5.64. The summed E-state index contributed by atoms with van der Waals surface area (Å²) in [6.45, 7) is 5.45. The van der Waals surface area contributed by atoms with Crippen molar-refractivity contribution in [1.29, 1.82) is 0 Å². The summed E-state index contributed by atoms with van der Waals surface area (Å²) in [4.78, 5) is 0. The van der Waals surface area contributed by atoms with Crippen molar-refractivity contribution in [3.05, 3.63) is 0 Å². The van der Waals surface area contributed by atoms with Crippen LogP contribution >= 0.6 is 0 Å². The number of hydrogen-bond donors (Lipinski definition) is 2. The van der Waals surface area contributed by atoms with Crippen molar-refractivity contribution in [2.75, 3.05) is 26.4 Å². The fraction of sp³-hybridized carbons (Fsp3) is 1.00. The zero-order valence-corrected chi connectivity index (χ0v) is 14.2. The van der Waals surface area contributed by atoms with E-state index >= 15 is 0 Å². The van der Waals surface area contributed by atoms with Gasteiger partial charge in [-0.3, -0.25) is 0 Å². The molecule has 1 saturated heterocycles. The van der Waals surface area contributed by atoms with Crippen molar-refractivity contribution in [3.8, 4) is 0 Å². The zero-order chi connectivity index (χ0) is 15.2. The summed E-state index contributed by atoms with van der Waals surface area (Å²) in [6, 6.07) is 0.622. The molecule has 0 aromatic heterocycles. The smallest absolute Gasteiger partial charge is 0.0536 e. The van der Waals surface area contributed by atoms with Crippen molar-refractivity contribution < 1.29 is 9.84 Å². The van der Waals surface area contributed by atoms with Crippen LogP contribution in [0.3, 0.4) is 0 Å². The lowest BCUT2D eigenvalue weighted by Gasteiger charge is -2.59. The second kappa shape index (κ2) is 5.75. The summed E-state index contributed by atoms with van der Waals surface area (Å²) in [6.07, 6.45) is 11.0. The van der Waals surface area contributed by atoms with Crippen LogP contribution in [0.2, 0.25) is 0 Å². The first-order chi connectivity index (χ1) is 10.6. The van der Waals surface area contributed by atoms with E-state index in [1.165, 1.54) is 38.5 Å². The summed E-state index contributed by atoms with van der Waals surface area (Å²) in [7, 11) is 0. The molecule has 5 rings (SSSR count). The highest BCUT2D eigenvalue weighted by molar-refractivity contribution is 5.05. The van der Waals surface area contributed by atoms with E-state index in [4.69, 9.17) is 4.74 Å². The molecular formula is C19H33NO2. The topological polar surface area (TPSA) is 41.5 Å². The van der Waals surface area contributed by atoms with Gasteiger partial charge in [0.05, 0.1) is 6.61 Å². The van der Waals surface area contributed by atoms with Crippen LogP contribution in [0, 0.1) is 28.6 Å². The van der Waals surface area contributed by atoms with E-state index in [0.29, 0.717) is 11.5 Å². The van der Waals surface area contributed by atoms with Gasteiger partial charge in [-0.1, -0.05) is 0 Å². The van der Waals surface area contributed by atoms with Crippen LogP contribution in [-0.4, -0.2) is 37.5 Å². The Hall–Kier alpha value is -0.120. The molecule has 0 amide bonds. The molecule has 0 aromatic carbocycles. The molecule has 0 aromatic rings. The fourth-order valence-corrected chi connectivity index (χ4v) is 6.61. The van der Waals surface area contributed by atoms with Gasteiger partial charge in [0.25, 0.3) is 0 Å². The average Bonchev–Trinajstić information content (AvgIpc) is 2.93. The lowest BCUT2D eigenvalue weighted by Crippen LogP contribution is -2.56. The van der Waals surface area contributed by atoms with Crippen LogP contribution in [-0.2, 0) is 4.74 Å². The Morgan fingerprint density at radius 1 is 1.14 bits per heavy atom. The number of rotatable bonds is 6. The number of nitrogens with one attached hydrogen (secondary N) is 1. The summed E-state index contributed by atoms with van der Waals surface area (Å²) in [5.41, 5.74) is 0.764. The molecule has 5 fully saturated rings. The molecule has 4 saturated carbocycles. The molecule has 1 heterocycles. The first-order valence-corrected chi connectivity index (χ1v) is 9.55. The van der Waals surface area contributed by atoms with Gasteiger partial charge < -0.3 is 15.2 Å². The largest absolute Gasteiger partial charge is 0.396 e. The van der Waals surface area contributed by atoms with Gasteiger partial charge in [-0.25, -0.2) is 0 Å². The highest BCUT2D eigenvalue weighted by atomic mass is 16.5. The maximum Gasteiger partial charge on any atom is 0.0536 e. The maximum absolute atomic E-state index is 9.40. The lowest BCUT2D eigenvalue weighted by atomic mass is 9.48. The quantitative estimate of drug-likeness (QED) is 0.793. The number of aliphatic hydroxyl groups is 1. The maximum atomic E-state index is 9.40. The van der Waals surface area contributed by atoms with Crippen molar-refractivity contribution in [1.82, 2.24) is 5.32 Å².